The summed E-state index contributed by atoms with van der Waals surface area (Å²) in [6.07, 6.45) is 0. The van der Waals surface area contributed by atoms with Gasteiger partial charge in [-0.1, -0.05) is 0 Å². The zero-order chi connectivity index (χ0) is 10.9. The Kier molecular flexibility index (Phi) is 2.68. The molecule has 1 aromatic carbocycles. The highest BCUT2D eigenvalue weighted by molar-refractivity contribution is 7.89. The summed E-state index contributed by atoms with van der Waals surface area (Å²) < 4.78 is 22.1. The molecule has 0 fully saturated rings. The van der Waals surface area contributed by atoms with Crippen molar-refractivity contribution in [2.75, 3.05) is 24.7 Å². The van der Waals surface area contributed by atoms with Crippen LogP contribution in [-0.2, 0) is 10.0 Å². The van der Waals surface area contributed by atoms with Crippen LogP contribution in [0.4, 0.5) is 11.4 Å². The van der Waals surface area contributed by atoms with Gasteiger partial charge in [-0.15, -0.1) is 0 Å². The van der Waals surface area contributed by atoms with Crippen LogP contribution in [0.5, 0.6) is 0 Å². The van der Waals surface area contributed by atoms with Crippen molar-refractivity contribution >= 4 is 21.4 Å². The molecule has 1 aromatic rings. The number of sulfonamides is 1. The van der Waals surface area contributed by atoms with Gasteiger partial charge in [-0.3, -0.25) is 0 Å². The number of nitrogen functional groups attached to an aromatic ring is 1. The van der Waals surface area contributed by atoms with E-state index in [2.05, 4.69) is 0 Å². The van der Waals surface area contributed by atoms with E-state index in [9.17, 15) is 8.42 Å². The van der Waals surface area contributed by atoms with Crippen molar-refractivity contribution in [2.45, 2.75) is 4.90 Å². The molecule has 0 bridgehead atoms. The first-order valence-electron chi connectivity index (χ1n) is 3.92. The summed E-state index contributed by atoms with van der Waals surface area (Å²) in [5.74, 6) is 0. The second-order valence-electron chi connectivity index (χ2n) is 3.16. The standard InChI is InChI=1S/C8H13N3O2S/c1-11(2)8-5-6(14(10,12)13)3-4-7(8)9/h3-5H,9H2,1-2H3,(H2,10,12,13). The van der Waals surface area contributed by atoms with E-state index in [4.69, 9.17) is 10.9 Å². The number of nitrogens with two attached hydrogens (primary N) is 2. The largest absolute Gasteiger partial charge is 0.397 e. The molecule has 1 rings (SSSR count). The molecule has 0 saturated carbocycles. The summed E-state index contributed by atoms with van der Waals surface area (Å²) in [6, 6.07) is 4.36. The lowest BCUT2D eigenvalue weighted by atomic mass is 10.2. The third-order valence-electron chi connectivity index (χ3n) is 1.81. The van der Waals surface area contributed by atoms with Gasteiger partial charge in [0.15, 0.2) is 0 Å². The number of rotatable bonds is 2. The van der Waals surface area contributed by atoms with Crippen LogP contribution in [0.2, 0.25) is 0 Å². The Morgan fingerprint density at radius 2 is 1.86 bits per heavy atom. The molecule has 0 aliphatic heterocycles. The van der Waals surface area contributed by atoms with E-state index in [0.29, 0.717) is 11.4 Å². The van der Waals surface area contributed by atoms with Crippen LogP contribution >= 0.6 is 0 Å². The Balaban J connectivity index is 3.34. The number of hydrogen-bond donors (Lipinski definition) is 2. The molecule has 4 N–H and O–H groups in total. The van der Waals surface area contributed by atoms with Crippen molar-refractivity contribution in [2.24, 2.45) is 5.14 Å². The Bertz CT molecular complexity index is 440. The number of nitrogens with zero attached hydrogens (tertiary/aromatic N) is 1. The molecule has 0 spiro atoms. The van der Waals surface area contributed by atoms with E-state index >= 15 is 0 Å². The number of benzene rings is 1. The molecule has 14 heavy (non-hydrogen) atoms. The van der Waals surface area contributed by atoms with Crippen LogP contribution in [0.3, 0.4) is 0 Å². The summed E-state index contributed by atoms with van der Waals surface area (Å²) >= 11 is 0. The van der Waals surface area contributed by atoms with E-state index in [1.54, 1.807) is 19.0 Å². The molecule has 78 valence electrons. The van der Waals surface area contributed by atoms with Gasteiger partial charge in [0.1, 0.15) is 0 Å². The van der Waals surface area contributed by atoms with Crippen molar-refractivity contribution in [1.29, 1.82) is 0 Å². The third kappa shape index (κ3) is 2.15. The number of anilines is 2. The maximum absolute atomic E-state index is 11.0. The SMILES string of the molecule is CN(C)c1cc(S(N)(=O)=O)ccc1N. The van der Waals surface area contributed by atoms with Gasteiger partial charge in [-0.05, 0) is 18.2 Å². The fourth-order valence-corrected chi connectivity index (χ4v) is 1.62. The predicted molar refractivity (Wildman–Crippen MR) is 56.6 cm³/mol. The van der Waals surface area contributed by atoms with Crippen LogP contribution in [0.15, 0.2) is 23.1 Å². The maximum Gasteiger partial charge on any atom is 0.238 e. The fourth-order valence-electron chi connectivity index (χ4n) is 1.09. The molecule has 0 aliphatic rings. The Morgan fingerprint density at radius 1 is 1.29 bits per heavy atom. The first kappa shape index (κ1) is 10.8. The molecule has 6 heteroatoms. The summed E-state index contributed by atoms with van der Waals surface area (Å²) in [5, 5.41) is 4.99. The van der Waals surface area contributed by atoms with Crippen molar-refractivity contribution in [1.82, 2.24) is 0 Å². The molecule has 0 unspecified atom stereocenters. The lowest BCUT2D eigenvalue weighted by Crippen LogP contribution is -2.15. The Hall–Kier alpha value is -1.27. The monoisotopic (exact) mass is 215 g/mol. The summed E-state index contributed by atoms with van der Waals surface area (Å²) in [4.78, 5) is 1.79. The minimum Gasteiger partial charge on any atom is -0.397 e. The lowest BCUT2D eigenvalue weighted by molar-refractivity contribution is 0.598. The maximum atomic E-state index is 11.0. The minimum absolute atomic E-state index is 0.0652. The predicted octanol–water partition coefficient (Wildman–Crippen LogP) is -0.0178. The average molecular weight is 215 g/mol. The van der Waals surface area contributed by atoms with E-state index in [1.807, 2.05) is 0 Å². The Morgan fingerprint density at radius 3 is 2.29 bits per heavy atom. The van der Waals surface area contributed by atoms with Crippen LogP contribution in [0.1, 0.15) is 0 Å². The average Bonchev–Trinajstić information content (AvgIpc) is 2.02. The summed E-state index contributed by atoms with van der Waals surface area (Å²) in [7, 11) is -0.105. The molecular formula is C8H13N3O2S. The topological polar surface area (TPSA) is 89.4 Å². The molecule has 0 atom stereocenters. The molecule has 0 saturated heterocycles. The molecule has 0 amide bonds. The smallest absolute Gasteiger partial charge is 0.238 e. The third-order valence-corrected chi connectivity index (χ3v) is 2.72. The molecule has 0 aromatic heterocycles. The van der Waals surface area contributed by atoms with Gasteiger partial charge in [0, 0.05) is 14.1 Å². The molecule has 0 aliphatic carbocycles. The van der Waals surface area contributed by atoms with Crippen LogP contribution < -0.4 is 15.8 Å². The molecule has 0 radical (unpaired) electrons. The normalized spacial score (nSPS) is 11.4. The number of hydrogen-bond acceptors (Lipinski definition) is 4. The quantitative estimate of drug-likeness (QED) is 0.678. The van der Waals surface area contributed by atoms with E-state index in [-0.39, 0.29) is 4.90 Å². The van der Waals surface area contributed by atoms with Gasteiger partial charge < -0.3 is 10.6 Å². The zero-order valence-corrected chi connectivity index (χ0v) is 8.88. The highest BCUT2D eigenvalue weighted by Gasteiger charge is 2.10. The van der Waals surface area contributed by atoms with E-state index in [0.717, 1.165) is 0 Å². The van der Waals surface area contributed by atoms with E-state index < -0.39 is 10.0 Å². The van der Waals surface area contributed by atoms with Crippen LogP contribution in [0.25, 0.3) is 0 Å². The van der Waals surface area contributed by atoms with Gasteiger partial charge in [0.25, 0.3) is 0 Å². The Labute approximate surface area is 83.4 Å². The van der Waals surface area contributed by atoms with E-state index in [1.165, 1.54) is 18.2 Å². The molecule has 0 heterocycles. The first-order chi connectivity index (χ1) is 6.32. The van der Waals surface area contributed by atoms with Crippen LogP contribution in [-0.4, -0.2) is 22.5 Å². The number of primary sulfonamides is 1. The molecule has 5 nitrogen and oxygen atoms in total. The van der Waals surface area contributed by atoms with Gasteiger partial charge >= 0.3 is 0 Å². The first-order valence-corrected chi connectivity index (χ1v) is 5.46. The van der Waals surface area contributed by atoms with Crippen molar-refractivity contribution in [3.05, 3.63) is 18.2 Å². The lowest BCUT2D eigenvalue weighted by Gasteiger charge is -2.15. The molecular weight excluding hydrogens is 202 g/mol. The van der Waals surface area contributed by atoms with Crippen LogP contribution in [0, 0.1) is 0 Å². The van der Waals surface area contributed by atoms with Crippen molar-refractivity contribution < 1.29 is 8.42 Å². The second kappa shape index (κ2) is 3.47. The van der Waals surface area contributed by atoms with Crippen molar-refractivity contribution in [3.8, 4) is 0 Å². The van der Waals surface area contributed by atoms with Gasteiger partial charge in [0.2, 0.25) is 10.0 Å². The minimum atomic E-state index is -3.66. The highest BCUT2D eigenvalue weighted by Crippen LogP contribution is 2.24. The fraction of sp³-hybridized carbons (Fsp3) is 0.250. The highest BCUT2D eigenvalue weighted by atomic mass is 32.2. The summed E-state index contributed by atoms with van der Waals surface area (Å²) in [5.41, 5.74) is 6.81. The van der Waals surface area contributed by atoms with Gasteiger partial charge in [0.05, 0.1) is 16.3 Å². The van der Waals surface area contributed by atoms with Gasteiger partial charge in [-0.2, -0.15) is 0 Å². The zero-order valence-electron chi connectivity index (χ0n) is 8.06. The van der Waals surface area contributed by atoms with Gasteiger partial charge in [-0.25, -0.2) is 13.6 Å². The summed E-state index contributed by atoms with van der Waals surface area (Å²) in [6.45, 7) is 0. The second-order valence-corrected chi connectivity index (χ2v) is 4.72. The van der Waals surface area contributed by atoms with Crippen molar-refractivity contribution in [3.63, 3.8) is 0 Å².